The lowest BCUT2D eigenvalue weighted by atomic mass is 10.2. The van der Waals surface area contributed by atoms with Gasteiger partial charge in [0.15, 0.2) is 0 Å². The van der Waals surface area contributed by atoms with Crippen LogP contribution in [0.5, 0.6) is 0 Å². The van der Waals surface area contributed by atoms with Crippen molar-refractivity contribution < 1.29 is 18.4 Å². The van der Waals surface area contributed by atoms with Gasteiger partial charge in [0, 0.05) is 23.4 Å². The Hall–Kier alpha value is -3.13. The predicted molar refractivity (Wildman–Crippen MR) is 104 cm³/mol. The van der Waals surface area contributed by atoms with Crippen LogP contribution in [0.15, 0.2) is 48.5 Å². The van der Waals surface area contributed by atoms with Crippen molar-refractivity contribution in [3.63, 3.8) is 0 Å². The van der Waals surface area contributed by atoms with Gasteiger partial charge in [-0.25, -0.2) is 13.8 Å². The fraction of sp³-hybridized carbons (Fsp3) is 0.150. The van der Waals surface area contributed by atoms with Crippen LogP contribution in [0.2, 0.25) is 0 Å². The van der Waals surface area contributed by atoms with E-state index in [1.165, 1.54) is 41.7 Å². The number of aryl methyl sites for hydroxylation is 1. The van der Waals surface area contributed by atoms with Gasteiger partial charge in [0.25, 0.3) is 0 Å². The van der Waals surface area contributed by atoms with Crippen LogP contribution in [0.3, 0.4) is 0 Å². The molecule has 0 atom stereocenters. The minimum Gasteiger partial charge on any atom is -0.347 e. The van der Waals surface area contributed by atoms with Crippen molar-refractivity contribution in [1.29, 1.82) is 0 Å². The fourth-order valence-corrected chi connectivity index (χ4v) is 3.55. The van der Waals surface area contributed by atoms with Gasteiger partial charge in [0.1, 0.15) is 16.6 Å². The Bertz CT molecular complexity index is 1000. The van der Waals surface area contributed by atoms with E-state index in [1.807, 2.05) is 6.92 Å². The van der Waals surface area contributed by atoms with Gasteiger partial charge < -0.3 is 10.6 Å². The lowest BCUT2D eigenvalue weighted by Gasteiger charge is -2.07. The van der Waals surface area contributed by atoms with E-state index >= 15 is 0 Å². The van der Waals surface area contributed by atoms with Crippen molar-refractivity contribution in [1.82, 2.24) is 10.3 Å². The first-order valence-corrected chi connectivity index (χ1v) is 9.31. The average molecular weight is 401 g/mol. The standard InChI is InChI=1S/C20H17F2N3O2S/c1-12-17(28-20(24-12)13-6-8-14(21)9-7-13)10-11-23-18(26)19(27)25-16-5-3-2-4-15(16)22/h2-9H,10-11H2,1H3,(H,23,26)(H,25,27). The number of hydrogen-bond donors (Lipinski definition) is 2. The van der Waals surface area contributed by atoms with E-state index in [4.69, 9.17) is 0 Å². The molecule has 0 aliphatic carbocycles. The van der Waals surface area contributed by atoms with E-state index < -0.39 is 17.6 Å². The van der Waals surface area contributed by atoms with E-state index in [-0.39, 0.29) is 18.0 Å². The summed E-state index contributed by atoms with van der Waals surface area (Å²) < 4.78 is 26.6. The molecule has 3 aromatic rings. The molecule has 3 rings (SSSR count). The molecule has 0 spiro atoms. The quantitative estimate of drug-likeness (QED) is 0.641. The van der Waals surface area contributed by atoms with Crippen LogP contribution >= 0.6 is 11.3 Å². The van der Waals surface area contributed by atoms with Gasteiger partial charge in [-0.15, -0.1) is 11.3 Å². The topological polar surface area (TPSA) is 71.1 Å². The Morgan fingerprint density at radius 2 is 1.75 bits per heavy atom. The molecule has 0 unspecified atom stereocenters. The van der Waals surface area contributed by atoms with Gasteiger partial charge >= 0.3 is 11.8 Å². The number of halogens is 2. The Balaban J connectivity index is 1.54. The maximum atomic E-state index is 13.5. The number of nitrogens with zero attached hydrogens (tertiary/aromatic N) is 1. The summed E-state index contributed by atoms with van der Waals surface area (Å²) in [5.41, 5.74) is 1.58. The summed E-state index contributed by atoms with van der Waals surface area (Å²) in [5, 5.41) is 5.50. The van der Waals surface area contributed by atoms with Crippen LogP contribution in [0.4, 0.5) is 14.5 Å². The van der Waals surface area contributed by atoms with Gasteiger partial charge in [-0.2, -0.15) is 0 Å². The smallest absolute Gasteiger partial charge is 0.313 e. The first-order chi connectivity index (χ1) is 13.4. The zero-order valence-electron chi connectivity index (χ0n) is 15.0. The summed E-state index contributed by atoms with van der Waals surface area (Å²) in [6.07, 6.45) is 0.489. The molecular weight excluding hydrogens is 384 g/mol. The van der Waals surface area contributed by atoms with Crippen LogP contribution in [-0.2, 0) is 16.0 Å². The Labute approximate surface area is 164 Å². The molecule has 0 saturated heterocycles. The summed E-state index contributed by atoms with van der Waals surface area (Å²) in [5.74, 6) is -2.70. The van der Waals surface area contributed by atoms with Crippen molar-refractivity contribution in [2.24, 2.45) is 0 Å². The molecular formula is C20H17F2N3O2S. The molecule has 2 N–H and O–H groups in total. The van der Waals surface area contributed by atoms with Gasteiger partial charge in [-0.05, 0) is 43.3 Å². The first kappa shape index (κ1) is 19.6. The third-order valence-electron chi connectivity index (χ3n) is 3.95. The number of aromatic nitrogens is 1. The lowest BCUT2D eigenvalue weighted by molar-refractivity contribution is -0.136. The van der Waals surface area contributed by atoms with Gasteiger partial charge in [-0.3, -0.25) is 9.59 Å². The number of nitrogens with one attached hydrogen (secondary N) is 2. The maximum Gasteiger partial charge on any atom is 0.313 e. The molecule has 2 amide bonds. The van der Waals surface area contributed by atoms with Crippen LogP contribution in [0.25, 0.3) is 10.6 Å². The summed E-state index contributed by atoms with van der Waals surface area (Å²) in [6.45, 7) is 2.08. The van der Waals surface area contributed by atoms with Crippen LogP contribution < -0.4 is 10.6 Å². The molecule has 8 heteroatoms. The highest BCUT2D eigenvalue weighted by molar-refractivity contribution is 7.15. The number of carbonyl (C=O) groups excluding carboxylic acids is 2. The highest BCUT2D eigenvalue weighted by atomic mass is 32.1. The van der Waals surface area contributed by atoms with Crippen molar-refractivity contribution in [2.75, 3.05) is 11.9 Å². The molecule has 0 aliphatic rings. The minimum atomic E-state index is -0.932. The largest absolute Gasteiger partial charge is 0.347 e. The summed E-state index contributed by atoms with van der Waals surface area (Å²) in [6, 6.07) is 11.7. The normalized spacial score (nSPS) is 10.5. The Morgan fingerprint density at radius 1 is 1.04 bits per heavy atom. The summed E-state index contributed by atoms with van der Waals surface area (Å²) in [7, 11) is 0. The van der Waals surface area contributed by atoms with Crippen molar-refractivity contribution >= 4 is 28.8 Å². The van der Waals surface area contributed by atoms with Crippen molar-refractivity contribution in [3.05, 3.63) is 70.7 Å². The lowest BCUT2D eigenvalue weighted by Crippen LogP contribution is -2.36. The third-order valence-corrected chi connectivity index (χ3v) is 5.22. The molecule has 5 nitrogen and oxygen atoms in total. The number of thiazole rings is 1. The van der Waals surface area contributed by atoms with E-state index in [2.05, 4.69) is 15.6 Å². The molecule has 0 radical (unpaired) electrons. The third kappa shape index (κ3) is 4.77. The number of carbonyl (C=O) groups is 2. The van der Waals surface area contributed by atoms with Crippen LogP contribution in [0, 0.1) is 18.6 Å². The van der Waals surface area contributed by atoms with Crippen molar-refractivity contribution in [3.8, 4) is 10.6 Å². The minimum absolute atomic E-state index is 0.0510. The van der Waals surface area contributed by atoms with E-state index in [1.54, 1.807) is 18.2 Å². The second-order valence-corrected chi connectivity index (χ2v) is 7.06. The average Bonchev–Trinajstić information content (AvgIpc) is 3.04. The molecule has 144 valence electrons. The zero-order valence-corrected chi connectivity index (χ0v) is 15.8. The second-order valence-electron chi connectivity index (χ2n) is 5.97. The Kier molecular flexibility index (Phi) is 6.10. The SMILES string of the molecule is Cc1nc(-c2ccc(F)cc2)sc1CCNC(=O)C(=O)Nc1ccccc1F. The first-order valence-electron chi connectivity index (χ1n) is 8.50. The molecule has 1 heterocycles. The van der Waals surface area contributed by atoms with Crippen LogP contribution in [-0.4, -0.2) is 23.3 Å². The highest BCUT2D eigenvalue weighted by Crippen LogP contribution is 2.28. The summed E-state index contributed by atoms with van der Waals surface area (Å²) in [4.78, 5) is 29.2. The Morgan fingerprint density at radius 3 is 2.46 bits per heavy atom. The van der Waals surface area contributed by atoms with Gasteiger partial charge in [0.05, 0.1) is 11.4 Å². The molecule has 0 bridgehead atoms. The predicted octanol–water partition coefficient (Wildman–Crippen LogP) is 3.69. The fourth-order valence-electron chi connectivity index (χ4n) is 2.49. The number of rotatable bonds is 5. The number of para-hydroxylation sites is 1. The number of anilines is 1. The maximum absolute atomic E-state index is 13.5. The van der Waals surface area contributed by atoms with Gasteiger partial charge in [0.2, 0.25) is 0 Å². The molecule has 0 saturated carbocycles. The number of benzene rings is 2. The zero-order chi connectivity index (χ0) is 20.1. The number of hydrogen-bond acceptors (Lipinski definition) is 4. The molecule has 28 heavy (non-hydrogen) atoms. The van der Waals surface area contributed by atoms with E-state index in [9.17, 15) is 18.4 Å². The van der Waals surface area contributed by atoms with Crippen molar-refractivity contribution in [2.45, 2.75) is 13.3 Å². The van der Waals surface area contributed by atoms with E-state index in [0.717, 1.165) is 21.1 Å². The summed E-state index contributed by atoms with van der Waals surface area (Å²) >= 11 is 1.45. The monoisotopic (exact) mass is 401 g/mol. The highest BCUT2D eigenvalue weighted by Gasteiger charge is 2.16. The molecule has 1 aromatic heterocycles. The van der Waals surface area contributed by atoms with E-state index in [0.29, 0.717) is 6.42 Å². The molecule has 0 aliphatic heterocycles. The second kappa shape index (κ2) is 8.71. The number of amides is 2. The van der Waals surface area contributed by atoms with Crippen LogP contribution in [0.1, 0.15) is 10.6 Å². The molecule has 2 aromatic carbocycles. The molecule has 0 fully saturated rings. The van der Waals surface area contributed by atoms with Gasteiger partial charge in [-0.1, -0.05) is 12.1 Å².